The minimum absolute atomic E-state index is 0.196. The highest BCUT2D eigenvalue weighted by atomic mass is 16.5. The summed E-state index contributed by atoms with van der Waals surface area (Å²) in [5.41, 5.74) is 8.41. The van der Waals surface area contributed by atoms with Gasteiger partial charge in [-0.15, -0.1) is 0 Å². The van der Waals surface area contributed by atoms with Gasteiger partial charge in [0.05, 0.1) is 0 Å². The van der Waals surface area contributed by atoms with E-state index in [1.807, 2.05) is 61.5 Å². The quantitative estimate of drug-likeness (QED) is 0.684. The monoisotopic (exact) mass is 360 g/mol. The average Bonchev–Trinajstić information content (AvgIpc) is 2.72. The maximum Gasteiger partial charge on any atom is 0.276 e. The van der Waals surface area contributed by atoms with Crippen LogP contribution in [0.5, 0.6) is 5.75 Å². The highest BCUT2D eigenvalue weighted by molar-refractivity contribution is 5.95. The van der Waals surface area contributed by atoms with E-state index in [0.717, 1.165) is 16.7 Å². The molecule has 0 aliphatic carbocycles. The molecule has 2 N–H and O–H groups in total. The fourth-order valence-electron chi connectivity index (χ4n) is 2.46. The number of aryl methyl sites for hydroxylation is 1. The zero-order chi connectivity index (χ0) is 19.1. The van der Waals surface area contributed by atoms with Crippen LogP contribution in [0.15, 0.2) is 78.9 Å². The minimum Gasteiger partial charge on any atom is -0.484 e. The van der Waals surface area contributed by atoms with Crippen molar-refractivity contribution in [1.29, 1.82) is 0 Å². The molecule has 0 aliphatic rings. The van der Waals surface area contributed by atoms with E-state index < -0.39 is 5.91 Å². The Morgan fingerprint density at radius 1 is 0.778 bits per heavy atom. The Hall–Kier alpha value is -3.60. The summed E-state index contributed by atoms with van der Waals surface area (Å²) in [7, 11) is 0. The van der Waals surface area contributed by atoms with Crippen LogP contribution < -0.4 is 15.6 Å². The van der Waals surface area contributed by atoms with E-state index in [0.29, 0.717) is 11.3 Å². The molecular formula is C22H20N2O3. The maximum absolute atomic E-state index is 11.9. The zero-order valence-corrected chi connectivity index (χ0v) is 14.9. The van der Waals surface area contributed by atoms with Crippen LogP contribution in [0.3, 0.4) is 0 Å². The van der Waals surface area contributed by atoms with Gasteiger partial charge in [-0.25, -0.2) is 0 Å². The van der Waals surface area contributed by atoms with Crippen LogP contribution in [0.4, 0.5) is 0 Å². The number of benzene rings is 3. The van der Waals surface area contributed by atoms with Crippen molar-refractivity contribution >= 4 is 11.8 Å². The van der Waals surface area contributed by atoms with Gasteiger partial charge in [-0.3, -0.25) is 20.4 Å². The predicted molar refractivity (Wildman–Crippen MR) is 104 cm³/mol. The van der Waals surface area contributed by atoms with E-state index in [9.17, 15) is 9.59 Å². The molecule has 0 spiro atoms. The zero-order valence-electron chi connectivity index (χ0n) is 14.9. The molecule has 3 aromatic rings. The van der Waals surface area contributed by atoms with Gasteiger partial charge in [0, 0.05) is 5.56 Å². The van der Waals surface area contributed by atoms with Gasteiger partial charge in [0.1, 0.15) is 5.75 Å². The fraction of sp³-hybridized carbons (Fsp3) is 0.0909. The van der Waals surface area contributed by atoms with Crippen molar-refractivity contribution < 1.29 is 14.3 Å². The van der Waals surface area contributed by atoms with Crippen molar-refractivity contribution in [1.82, 2.24) is 10.9 Å². The number of amides is 2. The van der Waals surface area contributed by atoms with Gasteiger partial charge in [-0.1, -0.05) is 60.2 Å². The lowest BCUT2D eigenvalue weighted by Crippen LogP contribution is -2.43. The van der Waals surface area contributed by atoms with E-state index in [1.165, 1.54) is 0 Å². The summed E-state index contributed by atoms with van der Waals surface area (Å²) in [5.74, 6) is -0.243. The summed E-state index contributed by atoms with van der Waals surface area (Å²) in [6.07, 6.45) is 0. The molecule has 3 rings (SSSR count). The van der Waals surface area contributed by atoms with Gasteiger partial charge in [-0.2, -0.15) is 0 Å². The SMILES string of the molecule is Cc1ccc(C(=O)NNC(=O)COc2ccc(-c3ccccc3)cc2)cc1. The number of rotatable bonds is 5. The van der Waals surface area contributed by atoms with E-state index >= 15 is 0 Å². The van der Waals surface area contributed by atoms with Gasteiger partial charge in [0.15, 0.2) is 6.61 Å². The first-order valence-corrected chi connectivity index (χ1v) is 8.56. The molecule has 0 saturated heterocycles. The number of hydrogen-bond acceptors (Lipinski definition) is 3. The highest BCUT2D eigenvalue weighted by Gasteiger charge is 2.08. The second kappa shape index (κ2) is 8.67. The Labute approximate surface area is 158 Å². The molecule has 3 aromatic carbocycles. The summed E-state index contributed by atoms with van der Waals surface area (Å²) >= 11 is 0. The number of carbonyl (C=O) groups excluding carboxylic acids is 2. The standard InChI is InChI=1S/C22H20N2O3/c1-16-7-9-19(10-8-16)22(26)24-23-21(25)15-27-20-13-11-18(12-14-20)17-5-3-2-4-6-17/h2-14H,15H2,1H3,(H,23,25)(H,24,26). The molecule has 0 atom stereocenters. The molecule has 2 amide bonds. The highest BCUT2D eigenvalue weighted by Crippen LogP contribution is 2.21. The Kier molecular flexibility index (Phi) is 5.84. The van der Waals surface area contributed by atoms with E-state index in [1.54, 1.807) is 24.3 Å². The van der Waals surface area contributed by atoms with Crippen LogP contribution >= 0.6 is 0 Å². The van der Waals surface area contributed by atoms with E-state index in [2.05, 4.69) is 10.9 Å². The molecule has 0 unspecified atom stereocenters. The Morgan fingerprint density at radius 3 is 2.07 bits per heavy atom. The Balaban J connectivity index is 1.46. The molecular weight excluding hydrogens is 340 g/mol. The van der Waals surface area contributed by atoms with Crippen molar-refractivity contribution in [3.05, 3.63) is 90.0 Å². The van der Waals surface area contributed by atoms with Crippen molar-refractivity contribution in [3.63, 3.8) is 0 Å². The van der Waals surface area contributed by atoms with Crippen molar-refractivity contribution in [2.24, 2.45) is 0 Å². The molecule has 0 aliphatic heterocycles. The normalized spacial score (nSPS) is 10.1. The number of nitrogens with one attached hydrogen (secondary N) is 2. The van der Waals surface area contributed by atoms with E-state index in [-0.39, 0.29) is 12.5 Å². The lowest BCUT2D eigenvalue weighted by molar-refractivity contribution is -0.123. The molecule has 5 nitrogen and oxygen atoms in total. The van der Waals surface area contributed by atoms with Crippen molar-refractivity contribution in [3.8, 4) is 16.9 Å². The molecule has 0 heterocycles. The summed E-state index contributed by atoms with van der Waals surface area (Å²) in [5, 5.41) is 0. The van der Waals surface area contributed by atoms with Crippen LogP contribution in [0, 0.1) is 6.92 Å². The topological polar surface area (TPSA) is 67.4 Å². The lowest BCUT2D eigenvalue weighted by Gasteiger charge is -2.09. The molecule has 5 heteroatoms. The molecule has 0 aromatic heterocycles. The summed E-state index contributed by atoms with van der Waals surface area (Å²) < 4.78 is 5.45. The molecule has 136 valence electrons. The first-order valence-electron chi connectivity index (χ1n) is 8.56. The molecule has 27 heavy (non-hydrogen) atoms. The fourth-order valence-corrected chi connectivity index (χ4v) is 2.46. The van der Waals surface area contributed by atoms with E-state index in [4.69, 9.17) is 4.74 Å². The second-order valence-electron chi connectivity index (χ2n) is 6.05. The van der Waals surface area contributed by atoms with Gasteiger partial charge >= 0.3 is 0 Å². The van der Waals surface area contributed by atoms with Crippen LogP contribution in [0.25, 0.3) is 11.1 Å². The summed E-state index contributed by atoms with van der Waals surface area (Å²) in [6.45, 7) is 1.74. The summed E-state index contributed by atoms with van der Waals surface area (Å²) in [6, 6.07) is 24.5. The third-order valence-corrected chi connectivity index (χ3v) is 3.96. The molecule has 0 fully saturated rings. The van der Waals surface area contributed by atoms with Gasteiger partial charge in [0.25, 0.3) is 11.8 Å². The Bertz CT molecular complexity index is 905. The maximum atomic E-state index is 11.9. The lowest BCUT2D eigenvalue weighted by atomic mass is 10.1. The Morgan fingerprint density at radius 2 is 1.41 bits per heavy atom. The third kappa shape index (κ3) is 5.19. The predicted octanol–water partition coefficient (Wildman–Crippen LogP) is 3.50. The van der Waals surface area contributed by atoms with Crippen molar-refractivity contribution in [2.75, 3.05) is 6.61 Å². The van der Waals surface area contributed by atoms with Gasteiger partial charge in [-0.05, 0) is 42.3 Å². The van der Waals surface area contributed by atoms with Gasteiger partial charge < -0.3 is 4.74 Å². The van der Waals surface area contributed by atoms with Crippen molar-refractivity contribution in [2.45, 2.75) is 6.92 Å². The smallest absolute Gasteiger partial charge is 0.276 e. The van der Waals surface area contributed by atoms with Crippen LogP contribution in [-0.4, -0.2) is 18.4 Å². The summed E-state index contributed by atoms with van der Waals surface area (Å²) in [4.78, 5) is 23.8. The minimum atomic E-state index is -0.442. The van der Waals surface area contributed by atoms with Crippen LogP contribution in [0.2, 0.25) is 0 Å². The second-order valence-corrected chi connectivity index (χ2v) is 6.05. The van der Waals surface area contributed by atoms with Crippen LogP contribution in [-0.2, 0) is 4.79 Å². The van der Waals surface area contributed by atoms with Crippen LogP contribution in [0.1, 0.15) is 15.9 Å². The molecule has 0 bridgehead atoms. The first kappa shape index (κ1) is 18.2. The number of hydrazine groups is 1. The average molecular weight is 360 g/mol. The number of ether oxygens (including phenoxy) is 1. The third-order valence-electron chi connectivity index (χ3n) is 3.96. The molecule has 0 saturated carbocycles. The largest absolute Gasteiger partial charge is 0.484 e. The number of carbonyl (C=O) groups is 2. The molecule has 0 radical (unpaired) electrons. The first-order chi connectivity index (χ1) is 13.1. The van der Waals surface area contributed by atoms with Gasteiger partial charge in [0.2, 0.25) is 0 Å². The number of hydrogen-bond donors (Lipinski definition) is 2.